The number of aliphatic imine (C=N–C) groups is 1. The van der Waals surface area contributed by atoms with Gasteiger partial charge in [-0.15, -0.1) is 11.3 Å². The average molecular weight is 548 g/mol. The van der Waals surface area contributed by atoms with Gasteiger partial charge < -0.3 is 41.3 Å². The summed E-state index contributed by atoms with van der Waals surface area (Å²) >= 11 is 1.57. The number of unbranched alkanes of at least 4 members (excludes halogenated alkanes) is 7. The zero-order chi connectivity index (χ0) is 28.2. The van der Waals surface area contributed by atoms with E-state index in [0.29, 0.717) is 0 Å². The first-order chi connectivity index (χ1) is 18.2. The molecule has 0 unspecified atom stereocenters. The van der Waals surface area contributed by atoms with Crippen LogP contribution in [0.5, 0.6) is 0 Å². The zero-order valence-corrected chi connectivity index (χ0v) is 22.3. The monoisotopic (exact) mass is 547 g/mol. The van der Waals surface area contributed by atoms with Gasteiger partial charge >= 0.3 is 0 Å². The summed E-state index contributed by atoms with van der Waals surface area (Å²) in [5.41, 5.74) is 2.97. The Kier molecular flexibility index (Phi) is 16.1. The normalized spacial score (nSPS) is 10.5. The fraction of sp³-hybridized carbons (Fsp3) is 0.458. The predicted molar refractivity (Wildman–Crippen MR) is 151 cm³/mol. The van der Waals surface area contributed by atoms with E-state index in [1.165, 1.54) is 44.9 Å². The van der Waals surface area contributed by atoms with E-state index in [-0.39, 0.29) is 0 Å². The minimum Gasteiger partial charge on any atom is -0.356 e. The Labute approximate surface area is 224 Å². The molecule has 2 N–H and O–H groups in total. The summed E-state index contributed by atoms with van der Waals surface area (Å²) in [5.74, 6) is 0.739. The molecule has 2 heterocycles. The molecule has 0 saturated carbocycles. The summed E-state index contributed by atoms with van der Waals surface area (Å²) in [6, 6.07) is 10.3. The maximum Gasteiger partial charge on any atom is 0.202 e. The Balaban J connectivity index is 0.000000794. The SMILES string of the molecule is CCCCCCCCCCN=C(Nc1nccs1)Nc1cc(C)nc2ccccc12.O=[N+]([O-])[O-].O=[N+]([O-])[O-]. The largest absolute Gasteiger partial charge is 0.356 e. The number of hydrogen-bond donors (Lipinski definition) is 2. The van der Waals surface area contributed by atoms with Crippen molar-refractivity contribution in [1.29, 1.82) is 0 Å². The number of hydrogen-bond acceptors (Lipinski definition) is 10. The Morgan fingerprint density at radius 3 is 2.16 bits per heavy atom. The molecule has 0 spiro atoms. The first-order valence-corrected chi connectivity index (χ1v) is 13.1. The maximum absolute atomic E-state index is 8.25. The molecular weight excluding hydrogens is 514 g/mol. The lowest BCUT2D eigenvalue weighted by atomic mass is 10.1. The number of fused-ring (bicyclic) bond motifs is 1. The summed E-state index contributed by atoms with van der Waals surface area (Å²) in [4.78, 5) is 30.3. The number of aryl methyl sites for hydroxylation is 1. The van der Waals surface area contributed by atoms with Crippen LogP contribution in [0.15, 0.2) is 46.9 Å². The van der Waals surface area contributed by atoms with E-state index in [2.05, 4.69) is 39.7 Å². The van der Waals surface area contributed by atoms with Gasteiger partial charge in [-0.3, -0.25) is 9.98 Å². The summed E-state index contributed by atoms with van der Waals surface area (Å²) < 4.78 is 0. The topological polar surface area (TPSA) is 195 Å². The summed E-state index contributed by atoms with van der Waals surface area (Å²) in [5, 5.41) is 40.2. The lowest BCUT2D eigenvalue weighted by Gasteiger charge is -2.13. The number of nitrogens with zero attached hydrogens (tertiary/aromatic N) is 5. The maximum atomic E-state index is 8.25. The number of aromatic nitrogens is 2. The van der Waals surface area contributed by atoms with E-state index in [1.807, 2.05) is 30.5 Å². The molecule has 38 heavy (non-hydrogen) atoms. The molecule has 0 amide bonds. The van der Waals surface area contributed by atoms with Crippen LogP contribution in [-0.2, 0) is 0 Å². The van der Waals surface area contributed by atoms with Gasteiger partial charge in [-0.1, -0.05) is 70.1 Å². The van der Waals surface area contributed by atoms with Crippen molar-refractivity contribution in [3.05, 3.63) is 78.2 Å². The van der Waals surface area contributed by atoms with E-state index in [1.54, 1.807) is 17.5 Å². The van der Waals surface area contributed by atoms with Gasteiger partial charge in [-0.05, 0) is 25.5 Å². The van der Waals surface area contributed by atoms with Crippen LogP contribution in [0, 0.1) is 37.6 Å². The molecule has 208 valence electrons. The van der Waals surface area contributed by atoms with Gasteiger partial charge in [-0.2, -0.15) is 0 Å². The molecule has 3 aromatic rings. The number of thiazole rings is 1. The van der Waals surface area contributed by atoms with Crippen molar-refractivity contribution in [3.8, 4) is 0 Å². The molecule has 0 bridgehead atoms. The second-order valence-electron chi connectivity index (χ2n) is 8.07. The predicted octanol–water partition coefficient (Wildman–Crippen LogP) is 6.54. The number of guanidine groups is 1. The second kappa shape index (κ2) is 19.1. The van der Waals surface area contributed by atoms with Crippen LogP contribution in [0.4, 0.5) is 10.8 Å². The fourth-order valence-electron chi connectivity index (χ4n) is 3.47. The molecule has 3 rings (SSSR count). The lowest BCUT2D eigenvalue weighted by Crippen LogP contribution is -2.23. The van der Waals surface area contributed by atoms with Crippen LogP contribution >= 0.6 is 11.3 Å². The molecule has 2 aromatic heterocycles. The molecule has 14 heteroatoms. The highest BCUT2D eigenvalue weighted by Gasteiger charge is 2.08. The number of para-hydroxylation sites is 1. The summed E-state index contributed by atoms with van der Waals surface area (Å²) in [7, 11) is 0. The number of pyridine rings is 1. The van der Waals surface area contributed by atoms with Crippen molar-refractivity contribution in [2.24, 2.45) is 4.99 Å². The van der Waals surface area contributed by atoms with Gasteiger partial charge in [0.15, 0.2) is 5.13 Å². The van der Waals surface area contributed by atoms with Crippen molar-refractivity contribution in [3.63, 3.8) is 0 Å². The molecular formula is C24H33N7O6S-2. The van der Waals surface area contributed by atoms with Gasteiger partial charge in [0.1, 0.15) is 0 Å². The minimum atomic E-state index is -1.75. The Bertz CT molecular complexity index is 1110. The molecule has 0 aliphatic carbocycles. The third-order valence-corrected chi connectivity index (χ3v) is 5.73. The van der Waals surface area contributed by atoms with Crippen molar-refractivity contribution >= 4 is 39.0 Å². The lowest BCUT2D eigenvalue weighted by molar-refractivity contribution is -0.403. The summed E-state index contributed by atoms with van der Waals surface area (Å²) in [6.45, 7) is 5.08. The van der Waals surface area contributed by atoms with Crippen molar-refractivity contribution in [1.82, 2.24) is 9.97 Å². The van der Waals surface area contributed by atoms with E-state index in [9.17, 15) is 0 Å². The van der Waals surface area contributed by atoms with Gasteiger partial charge in [0.25, 0.3) is 0 Å². The molecule has 0 atom stereocenters. The summed E-state index contributed by atoms with van der Waals surface area (Å²) in [6.07, 6.45) is 12.2. The average Bonchev–Trinajstić information content (AvgIpc) is 3.35. The first kappa shape index (κ1) is 32.0. The van der Waals surface area contributed by atoms with Gasteiger partial charge in [-0.25, -0.2) is 4.98 Å². The highest BCUT2D eigenvalue weighted by atomic mass is 32.1. The van der Waals surface area contributed by atoms with Crippen LogP contribution < -0.4 is 10.6 Å². The van der Waals surface area contributed by atoms with Crippen molar-refractivity contribution in [2.75, 3.05) is 17.2 Å². The molecule has 0 saturated heterocycles. The van der Waals surface area contributed by atoms with Crippen LogP contribution in [-0.4, -0.2) is 32.6 Å². The van der Waals surface area contributed by atoms with E-state index in [4.69, 9.17) is 35.6 Å². The standard InChI is InChI=1S/C24H33N5S.2NO3/c1-3-4-5-6-7-8-9-12-15-25-23(29-24-26-16-17-30-24)28-22-18-19(2)27-21-14-11-10-13-20(21)22;2*2-1(3)4/h10-11,13-14,16-18H,3-9,12,15H2,1-2H3,(H2,25,26,27,28,29);;/q;2*-1. The highest BCUT2D eigenvalue weighted by molar-refractivity contribution is 7.13. The molecule has 0 aliphatic heterocycles. The van der Waals surface area contributed by atoms with Crippen LogP contribution in [0.3, 0.4) is 0 Å². The van der Waals surface area contributed by atoms with Gasteiger partial charge in [0, 0.05) is 29.2 Å². The smallest absolute Gasteiger partial charge is 0.202 e. The fourth-order valence-corrected chi connectivity index (χ4v) is 4.00. The molecule has 0 radical (unpaired) electrons. The minimum absolute atomic E-state index is 0.739. The number of nitrogens with one attached hydrogen (secondary N) is 2. The van der Waals surface area contributed by atoms with Gasteiger partial charge in [0.2, 0.25) is 5.96 Å². The van der Waals surface area contributed by atoms with Crippen LogP contribution in [0.25, 0.3) is 10.9 Å². The Hall–Kier alpha value is -4.07. The van der Waals surface area contributed by atoms with Crippen LogP contribution in [0.1, 0.15) is 64.0 Å². The van der Waals surface area contributed by atoms with Crippen molar-refractivity contribution in [2.45, 2.75) is 65.2 Å². The molecule has 13 nitrogen and oxygen atoms in total. The third kappa shape index (κ3) is 15.1. The quantitative estimate of drug-likeness (QED) is 0.0873. The Morgan fingerprint density at radius 1 is 0.947 bits per heavy atom. The zero-order valence-electron chi connectivity index (χ0n) is 21.5. The second-order valence-corrected chi connectivity index (χ2v) is 8.96. The highest BCUT2D eigenvalue weighted by Crippen LogP contribution is 2.23. The van der Waals surface area contributed by atoms with Crippen molar-refractivity contribution < 1.29 is 10.2 Å². The van der Waals surface area contributed by atoms with E-state index in [0.717, 1.165) is 46.3 Å². The van der Waals surface area contributed by atoms with E-state index >= 15 is 0 Å². The molecule has 1 aromatic carbocycles. The Morgan fingerprint density at radius 2 is 1.55 bits per heavy atom. The number of anilines is 2. The third-order valence-electron chi connectivity index (χ3n) is 5.04. The van der Waals surface area contributed by atoms with E-state index < -0.39 is 10.2 Å². The number of benzene rings is 1. The number of rotatable bonds is 11. The van der Waals surface area contributed by atoms with Crippen LogP contribution in [0.2, 0.25) is 0 Å². The van der Waals surface area contributed by atoms with Gasteiger partial charge in [0.05, 0.1) is 21.4 Å². The molecule has 0 aliphatic rings. The molecule has 0 fully saturated rings. The first-order valence-electron chi connectivity index (χ1n) is 12.2.